The summed E-state index contributed by atoms with van der Waals surface area (Å²) in [6.07, 6.45) is 0. The first-order valence-corrected chi connectivity index (χ1v) is 7.85. The Labute approximate surface area is 82.5 Å². The molecule has 0 heterocycles. The van der Waals surface area contributed by atoms with Crippen LogP contribution >= 0.6 is 11.6 Å². The van der Waals surface area contributed by atoms with Crippen LogP contribution in [-0.4, -0.2) is 8.07 Å². The average Bonchev–Trinajstić information content (AvgIpc) is 1.97. The number of hydrogen-bond acceptors (Lipinski definition) is 0. The van der Waals surface area contributed by atoms with Crippen molar-refractivity contribution in [3.8, 4) is 0 Å². The first-order chi connectivity index (χ1) is 5.82. The monoisotopic (exact) mass is 220 g/mol. The van der Waals surface area contributed by atoms with Crippen LogP contribution in [0.25, 0.3) is 0 Å². The first-order valence-electron chi connectivity index (χ1n) is 3.97. The van der Waals surface area contributed by atoms with Crippen molar-refractivity contribution in [1.82, 2.24) is 0 Å². The summed E-state index contributed by atoms with van der Waals surface area (Å²) in [6.45, 7) is 6.07. The second-order valence-corrected chi connectivity index (χ2v) is 9.46. The fourth-order valence-electron chi connectivity index (χ4n) is 0.989. The zero-order valence-electron chi connectivity index (χ0n) is 7.79. The fourth-order valence-corrected chi connectivity index (χ4v) is 2.22. The van der Waals surface area contributed by atoms with E-state index < -0.39 is 24.7 Å². The van der Waals surface area contributed by atoms with Crippen LogP contribution in [0.5, 0.6) is 0 Å². The van der Waals surface area contributed by atoms with Gasteiger partial charge in [0.05, 0.1) is 8.07 Å². The summed E-state index contributed by atoms with van der Waals surface area (Å²) in [5, 5.41) is 0.328. The highest BCUT2D eigenvalue weighted by Crippen LogP contribution is 2.18. The van der Waals surface area contributed by atoms with E-state index in [-0.39, 0.29) is 0 Å². The minimum atomic E-state index is -1.66. The number of rotatable bonds is 1. The molecule has 0 amide bonds. The lowest BCUT2D eigenvalue weighted by molar-refractivity contribution is 0.586. The summed E-state index contributed by atoms with van der Waals surface area (Å²) in [5.74, 6) is -1.34. The summed E-state index contributed by atoms with van der Waals surface area (Å²) >= 11 is 5.37. The second-order valence-electron chi connectivity index (χ2n) is 4.00. The number of halogens is 3. The minimum absolute atomic E-state index is 0.415. The van der Waals surface area contributed by atoms with Gasteiger partial charge in [-0.05, 0) is 12.1 Å². The summed E-state index contributed by atoms with van der Waals surface area (Å²) in [5.41, 5.74) is 0. The van der Waals surface area contributed by atoms with Gasteiger partial charge in [0.1, 0.15) is 16.7 Å². The van der Waals surface area contributed by atoms with E-state index in [9.17, 15) is 8.78 Å². The van der Waals surface area contributed by atoms with Crippen molar-refractivity contribution >= 4 is 24.9 Å². The van der Waals surface area contributed by atoms with E-state index in [0.29, 0.717) is 0 Å². The molecule has 0 fully saturated rings. The summed E-state index contributed by atoms with van der Waals surface area (Å²) in [7, 11) is -1.66. The third-order valence-electron chi connectivity index (χ3n) is 1.85. The van der Waals surface area contributed by atoms with Crippen LogP contribution in [0, 0.1) is 11.6 Å². The van der Waals surface area contributed by atoms with Gasteiger partial charge in [0.15, 0.2) is 0 Å². The molecule has 1 aromatic carbocycles. The van der Waals surface area contributed by atoms with Crippen LogP contribution in [0.2, 0.25) is 24.7 Å². The molecular formula is C9H11ClF2Si. The van der Waals surface area contributed by atoms with Gasteiger partial charge < -0.3 is 0 Å². The molecule has 0 aliphatic heterocycles. The van der Waals surface area contributed by atoms with Gasteiger partial charge in [-0.15, -0.1) is 0 Å². The Bertz CT molecular complexity index is 308. The third-order valence-corrected chi connectivity index (χ3v) is 4.23. The van der Waals surface area contributed by atoms with Crippen molar-refractivity contribution in [2.75, 3.05) is 0 Å². The van der Waals surface area contributed by atoms with Gasteiger partial charge in [0, 0.05) is 0 Å². The van der Waals surface area contributed by atoms with Crippen molar-refractivity contribution in [1.29, 1.82) is 0 Å². The number of benzene rings is 1. The highest BCUT2D eigenvalue weighted by atomic mass is 35.5. The Morgan fingerprint density at radius 3 is 1.77 bits per heavy atom. The summed E-state index contributed by atoms with van der Waals surface area (Å²) < 4.78 is 26.0. The molecule has 0 spiro atoms. The van der Waals surface area contributed by atoms with Gasteiger partial charge in [-0.1, -0.05) is 36.4 Å². The van der Waals surface area contributed by atoms with Crippen molar-refractivity contribution in [3.05, 3.63) is 28.8 Å². The van der Waals surface area contributed by atoms with Gasteiger partial charge in [-0.25, -0.2) is 8.78 Å². The Balaban J connectivity index is 3.29. The molecule has 0 aliphatic rings. The van der Waals surface area contributed by atoms with Crippen LogP contribution in [0.3, 0.4) is 0 Å². The van der Waals surface area contributed by atoms with E-state index in [0.717, 1.165) is 5.19 Å². The molecule has 0 atom stereocenters. The average molecular weight is 221 g/mol. The molecule has 0 radical (unpaired) electrons. The van der Waals surface area contributed by atoms with Crippen molar-refractivity contribution < 1.29 is 8.78 Å². The summed E-state index contributed by atoms with van der Waals surface area (Å²) in [6, 6.07) is 2.66. The Morgan fingerprint density at radius 2 is 1.46 bits per heavy atom. The largest absolute Gasteiger partial charge is 0.205 e. The maximum atomic E-state index is 13.0. The smallest absolute Gasteiger partial charge is 0.144 e. The number of hydrogen-bond donors (Lipinski definition) is 0. The highest BCUT2D eigenvalue weighted by Gasteiger charge is 2.20. The van der Waals surface area contributed by atoms with Crippen molar-refractivity contribution in [2.45, 2.75) is 19.6 Å². The molecule has 13 heavy (non-hydrogen) atoms. The first kappa shape index (κ1) is 10.7. The van der Waals surface area contributed by atoms with E-state index in [1.54, 1.807) is 0 Å². The molecule has 0 aliphatic carbocycles. The Morgan fingerprint density at radius 1 is 1.08 bits per heavy atom. The van der Waals surface area contributed by atoms with Crippen LogP contribution in [0.1, 0.15) is 0 Å². The standard InChI is InChI=1S/C9H11ClF2Si/c1-13(2,3)6-4-7(11)9(10)8(12)5-6/h4-5H,1-3H3. The lowest BCUT2D eigenvalue weighted by Gasteiger charge is -2.16. The third kappa shape index (κ3) is 2.29. The SMILES string of the molecule is C[Si](C)(C)c1cc(F)c(Cl)c(F)c1. The van der Waals surface area contributed by atoms with Crippen LogP contribution < -0.4 is 5.19 Å². The van der Waals surface area contributed by atoms with Crippen LogP contribution in [-0.2, 0) is 0 Å². The maximum absolute atomic E-state index is 13.0. The zero-order chi connectivity index (χ0) is 10.2. The second kappa shape index (κ2) is 3.39. The van der Waals surface area contributed by atoms with E-state index >= 15 is 0 Å². The van der Waals surface area contributed by atoms with Gasteiger partial charge >= 0.3 is 0 Å². The lowest BCUT2D eigenvalue weighted by atomic mass is 10.3. The van der Waals surface area contributed by atoms with E-state index in [1.165, 1.54) is 12.1 Å². The van der Waals surface area contributed by atoms with Crippen molar-refractivity contribution in [3.63, 3.8) is 0 Å². The normalized spacial score (nSPS) is 11.8. The van der Waals surface area contributed by atoms with Crippen LogP contribution in [0.4, 0.5) is 8.78 Å². The van der Waals surface area contributed by atoms with E-state index in [2.05, 4.69) is 0 Å². The molecule has 1 rings (SSSR count). The van der Waals surface area contributed by atoms with Crippen LogP contribution in [0.15, 0.2) is 12.1 Å². The maximum Gasteiger partial charge on any atom is 0.144 e. The van der Waals surface area contributed by atoms with Gasteiger partial charge in [-0.2, -0.15) is 0 Å². The quantitative estimate of drug-likeness (QED) is 0.504. The lowest BCUT2D eigenvalue weighted by Crippen LogP contribution is -2.38. The Hall–Kier alpha value is -0.413. The molecule has 0 N–H and O–H groups in total. The topological polar surface area (TPSA) is 0 Å². The molecular weight excluding hydrogens is 210 g/mol. The molecule has 0 bridgehead atoms. The fraction of sp³-hybridized carbons (Fsp3) is 0.333. The molecule has 0 aromatic heterocycles. The van der Waals surface area contributed by atoms with Gasteiger partial charge in [0.2, 0.25) is 0 Å². The molecule has 0 unspecified atom stereocenters. The zero-order valence-corrected chi connectivity index (χ0v) is 9.54. The Kier molecular flexibility index (Phi) is 2.78. The molecule has 1 aromatic rings. The predicted octanol–water partition coefficient (Wildman–Crippen LogP) is 3.16. The summed E-state index contributed by atoms with van der Waals surface area (Å²) in [4.78, 5) is 0. The molecule has 72 valence electrons. The van der Waals surface area contributed by atoms with Gasteiger partial charge in [0.25, 0.3) is 0 Å². The van der Waals surface area contributed by atoms with Gasteiger partial charge in [-0.3, -0.25) is 0 Å². The molecule has 4 heteroatoms. The highest BCUT2D eigenvalue weighted by molar-refractivity contribution is 6.88. The molecule has 0 nitrogen and oxygen atoms in total. The molecule has 0 saturated carbocycles. The van der Waals surface area contributed by atoms with Crippen molar-refractivity contribution in [2.24, 2.45) is 0 Å². The molecule has 0 saturated heterocycles. The minimum Gasteiger partial charge on any atom is -0.205 e. The van der Waals surface area contributed by atoms with E-state index in [1.807, 2.05) is 19.6 Å². The van der Waals surface area contributed by atoms with E-state index in [4.69, 9.17) is 11.6 Å². The predicted molar refractivity (Wildman–Crippen MR) is 54.3 cm³/mol.